The zero-order valence-corrected chi connectivity index (χ0v) is 5.07. The highest BCUT2D eigenvalue weighted by atomic mass is 79.9. The highest BCUT2D eigenvalue weighted by molar-refractivity contribution is 9.06. The van der Waals surface area contributed by atoms with Crippen molar-refractivity contribution >= 4 is 16.3 Å². The second kappa shape index (κ2) is 5.18. The molecule has 0 aliphatic rings. The predicted octanol–water partition coefficient (Wildman–Crippen LogP) is 1.89. The van der Waals surface area contributed by atoms with Crippen LogP contribution < -0.4 is 0 Å². The lowest BCUT2D eigenvalue weighted by atomic mass is 10.5. The van der Waals surface area contributed by atoms with E-state index < -0.39 is 0 Å². The van der Waals surface area contributed by atoms with Gasteiger partial charge in [-0.25, -0.2) is 0 Å². The van der Waals surface area contributed by atoms with Gasteiger partial charge in [0, 0.05) is 0 Å². The Morgan fingerprint density at radius 1 is 1.83 bits per heavy atom. The fraction of sp³-hybridized carbons (Fsp3) is 0.500. The second-order valence-electron chi connectivity index (χ2n) is 0.891. The van der Waals surface area contributed by atoms with Crippen molar-refractivity contribution in [3.8, 4) is 0 Å². The van der Waals surface area contributed by atoms with Gasteiger partial charge in [-0.1, -0.05) is 6.08 Å². The Morgan fingerprint density at radius 3 is 2.67 bits per heavy atom. The van der Waals surface area contributed by atoms with E-state index in [9.17, 15) is 0 Å². The van der Waals surface area contributed by atoms with E-state index in [1.54, 1.807) is 6.08 Å². The molecule has 0 saturated carbocycles. The van der Waals surface area contributed by atoms with Crippen LogP contribution in [0.2, 0.25) is 0 Å². The van der Waals surface area contributed by atoms with Crippen LogP contribution in [0, 0.1) is 0 Å². The molecule has 0 aromatic rings. The van der Waals surface area contributed by atoms with Gasteiger partial charge < -0.3 is 3.83 Å². The van der Waals surface area contributed by atoms with Crippen molar-refractivity contribution in [3.05, 3.63) is 12.7 Å². The van der Waals surface area contributed by atoms with Crippen molar-refractivity contribution in [2.45, 2.75) is 6.42 Å². The number of hydrogen-bond acceptors (Lipinski definition) is 1. The summed E-state index contributed by atoms with van der Waals surface area (Å²) in [4.78, 5) is 0. The molecule has 0 saturated heterocycles. The van der Waals surface area contributed by atoms with Gasteiger partial charge in [0.1, 0.15) is 0 Å². The fourth-order valence-corrected chi connectivity index (χ4v) is 0.315. The summed E-state index contributed by atoms with van der Waals surface area (Å²) in [5.74, 6) is 0. The minimum Gasteiger partial charge on any atom is -0.308 e. The Labute approximate surface area is 46.5 Å². The van der Waals surface area contributed by atoms with Gasteiger partial charge >= 0.3 is 0 Å². The molecule has 2 heteroatoms. The first-order valence-electron chi connectivity index (χ1n) is 1.76. The van der Waals surface area contributed by atoms with Crippen molar-refractivity contribution in [1.29, 1.82) is 0 Å². The molecule has 0 amide bonds. The molecule has 0 bridgehead atoms. The molecule has 36 valence electrons. The lowest BCUT2D eigenvalue weighted by Gasteiger charge is -1.83. The maximum absolute atomic E-state index is 4.52. The SMILES string of the molecule is C=CCCOBr. The molecule has 0 aliphatic heterocycles. The Hall–Kier alpha value is 0.180. The van der Waals surface area contributed by atoms with Crippen molar-refractivity contribution in [2.75, 3.05) is 6.61 Å². The molecule has 0 spiro atoms. The van der Waals surface area contributed by atoms with Crippen LogP contribution in [0.3, 0.4) is 0 Å². The van der Waals surface area contributed by atoms with Crippen LogP contribution in [0.1, 0.15) is 6.42 Å². The largest absolute Gasteiger partial charge is 0.308 e. The molecular formula is C4H7BrO. The molecule has 0 atom stereocenters. The standard InChI is InChI=1S/C4H7BrO/c1-2-3-4-6-5/h2H,1,3-4H2. The summed E-state index contributed by atoms with van der Waals surface area (Å²) in [6, 6.07) is 0. The molecule has 0 radical (unpaired) electrons. The van der Waals surface area contributed by atoms with E-state index >= 15 is 0 Å². The number of halogens is 1. The van der Waals surface area contributed by atoms with Gasteiger partial charge in [-0.3, -0.25) is 0 Å². The maximum atomic E-state index is 4.52. The monoisotopic (exact) mass is 150 g/mol. The molecule has 0 aliphatic carbocycles. The smallest absolute Gasteiger partial charge is 0.0987 e. The average molecular weight is 151 g/mol. The highest BCUT2D eigenvalue weighted by Crippen LogP contribution is 1.86. The van der Waals surface area contributed by atoms with E-state index in [0.717, 1.165) is 6.42 Å². The molecule has 6 heavy (non-hydrogen) atoms. The summed E-state index contributed by atoms with van der Waals surface area (Å²) >= 11 is 2.80. The third-order valence-corrected chi connectivity index (χ3v) is 0.723. The lowest BCUT2D eigenvalue weighted by molar-refractivity contribution is 0.406. The van der Waals surface area contributed by atoms with E-state index in [2.05, 4.69) is 26.7 Å². The second-order valence-corrected chi connectivity index (χ2v) is 1.35. The average Bonchev–Trinajstić information content (AvgIpc) is 1.61. The first-order valence-corrected chi connectivity index (χ1v) is 2.41. The number of hydrogen-bond donors (Lipinski definition) is 0. The molecule has 1 nitrogen and oxygen atoms in total. The third kappa shape index (κ3) is 4.18. The summed E-state index contributed by atoms with van der Waals surface area (Å²) in [5.41, 5.74) is 0. The molecule has 0 N–H and O–H groups in total. The third-order valence-electron chi connectivity index (χ3n) is 0.399. The van der Waals surface area contributed by atoms with Crippen LogP contribution >= 0.6 is 16.3 Å². The predicted molar refractivity (Wildman–Crippen MR) is 29.7 cm³/mol. The van der Waals surface area contributed by atoms with Crippen LogP contribution in [0.4, 0.5) is 0 Å². The van der Waals surface area contributed by atoms with Gasteiger partial charge in [0.25, 0.3) is 0 Å². The minimum atomic E-state index is 0.712. The van der Waals surface area contributed by atoms with Crippen LogP contribution in [0.25, 0.3) is 0 Å². The Kier molecular flexibility index (Phi) is 5.34. The maximum Gasteiger partial charge on any atom is 0.0987 e. The van der Waals surface area contributed by atoms with Gasteiger partial charge in [-0.15, -0.1) is 6.58 Å². The normalized spacial score (nSPS) is 8.17. The van der Waals surface area contributed by atoms with E-state index in [4.69, 9.17) is 0 Å². The van der Waals surface area contributed by atoms with E-state index in [1.165, 1.54) is 0 Å². The van der Waals surface area contributed by atoms with Crippen LogP contribution in [0.5, 0.6) is 0 Å². The lowest BCUT2D eigenvalue weighted by Crippen LogP contribution is -1.75. The molecule has 0 unspecified atom stereocenters. The minimum absolute atomic E-state index is 0.712. The summed E-state index contributed by atoms with van der Waals surface area (Å²) < 4.78 is 4.52. The molecule has 0 heterocycles. The molecular weight excluding hydrogens is 144 g/mol. The first-order chi connectivity index (χ1) is 2.91. The van der Waals surface area contributed by atoms with Crippen LogP contribution in [-0.2, 0) is 3.83 Å². The van der Waals surface area contributed by atoms with E-state index in [-0.39, 0.29) is 0 Å². The van der Waals surface area contributed by atoms with Gasteiger partial charge in [-0.05, 0) is 6.42 Å². The molecule has 0 aromatic heterocycles. The van der Waals surface area contributed by atoms with Crippen LogP contribution in [-0.4, -0.2) is 6.61 Å². The van der Waals surface area contributed by atoms with Crippen LogP contribution in [0.15, 0.2) is 12.7 Å². The Bertz CT molecular complexity index is 36.5. The summed E-state index contributed by atoms with van der Waals surface area (Å²) in [5, 5.41) is 0. The topological polar surface area (TPSA) is 9.23 Å². The molecule has 0 fully saturated rings. The highest BCUT2D eigenvalue weighted by Gasteiger charge is 1.72. The van der Waals surface area contributed by atoms with Gasteiger partial charge in [0.2, 0.25) is 0 Å². The van der Waals surface area contributed by atoms with E-state index in [0.29, 0.717) is 6.61 Å². The summed E-state index contributed by atoms with van der Waals surface area (Å²) in [7, 11) is 0. The van der Waals surface area contributed by atoms with E-state index in [1.807, 2.05) is 0 Å². The molecule has 0 aromatic carbocycles. The van der Waals surface area contributed by atoms with Crippen molar-refractivity contribution < 1.29 is 3.83 Å². The van der Waals surface area contributed by atoms with Crippen molar-refractivity contribution in [2.24, 2.45) is 0 Å². The van der Waals surface area contributed by atoms with Gasteiger partial charge in [0.05, 0.1) is 22.9 Å². The quantitative estimate of drug-likeness (QED) is 0.442. The first kappa shape index (κ1) is 6.18. The van der Waals surface area contributed by atoms with Gasteiger partial charge in [0.15, 0.2) is 0 Å². The summed E-state index contributed by atoms with van der Waals surface area (Å²) in [6.45, 7) is 4.21. The molecule has 0 rings (SSSR count). The zero-order chi connectivity index (χ0) is 4.83. The number of rotatable bonds is 3. The van der Waals surface area contributed by atoms with Gasteiger partial charge in [-0.2, -0.15) is 0 Å². The summed E-state index contributed by atoms with van der Waals surface area (Å²) in [6.07, 6.45) is 2.71. The van der Waals surface area contributed by atoms with Crippen molar-refractivity contribution in [1.82, 2.24) is 0 Å². The van der Waals surface area contributed by atoms with Crippen molar-refractivity contribution in [3.63, 3.8) is 0 Å². The fourth-order valence-electron chi connectivity index (χ4n) is 0.128. The Balaban J connectivity index is 2.49. The Morgan fingerprint density at radius 2 is 2.50 bits per heavy atom. The zero-order valence-electron chi connectivity index (χ0n) is 3.48.